The van der Waals surface area contributed by atoms with E-state index in [1.165, 1.54) is 24.7 Å². The molecule has 0 bridgehead atoms. The third kappa shape index (κ3) is 2.55. The largest absolute Gasteiger partial charge is 0.351 e. The molecule has 68 valence electrons. The van der Waals surface area contributed by atoms with Crippen molar-refractivity contribution in [2.24, 2.45) is 0 Å². The van der Waals surface area contributed by atoms with Crippen LogP contribution in [-0.4, -0.2) is 23.0 Å². The average molecular weight is 185 g/mol. The molecule has 1 aliphatic rings. The highest BCUT2D eigenvalue weighted by molar-refractivity contribution is 8.00. The predicted octanol–water partition coefficient (Wildman–Crippen LogP) is 1.57. The van der Waals surface area contributed by atoms with Crippen LogP contribution in [0.2, 0.25) is 0 Å². The number of amides is 1. The van der Waals surface area contributed by atoms with Gasteiger partial charge in [-0.3, -0.25) is 4.79 Å². The maximum Gasteiger partial charge on any atom is 0.243 e. The molecule has 3 heteroatoms. The van der Waals surface area contributed by atoms with Gasteiger partial charge in [-0.05, 0) is 31.6 Å². The van der Waals surface area contributed by atoms with Crippen LogP contribution in [0.15, 0.2) is 12.7 Å². The molecule has 1 fully saturated rings. The fraction of sp³-hybridized carbons (Fsp3) is 0.667. The number of carbonyl (C=O) groups excluding carboxylic acids is 1. The Morgan fingerprint density at radius 2 is 2.58 bits per heavy atom. The predicted molar refractivity (Wildman–Crippen MR) is 53.3 cm³/mol. The van der Waals surface area contributed by atoms with E-state index in [2.05, 4.69) is 18.8 Å². The lowest BCUT2D eigenvalue weighted by atomic mass is 10.1. The molecule has 1 rings (SSSR count). The van der Waals surface area contributed by atoms with E-state index in [1.54, 1.807) is 0 Å². The Hall–Kier alpha value is -0.440. The number of hydrogen-bond donors (Lipinski definition) is 1. The Kier molecular flexibility index (Phi) is 3.20. The van der Waals surface area contributed by atoms with Crippen molar-refractivity contribution < 1.29 is 4.79 Å². The van der Waals surface area contributed by atoms with Crippen molar-refractivity contribution in [3.8, 4) is 0 Å². The summed E-state index contributed by atoms with van der Waals surface area (Å²) in [6.45, 7) is 6.38. The molecule has 0 aromatic carbocycles. The number of rotatable bonds is 3. The first kappa shape index (κ1) is 9.65. The van der Waals surface area contributed by atoms with Crippen LogP contribution in [0.25, 0.3) is 0 Å². The molecule has 1 unspecified atom stereocenters. The monoisotopic (exact) mass is 185 g/mol. The first-order valence-corrected chi connectivity index (χ1v) is 5.19. The van der Waals surface area contributed by atoms with Gasteiger partial charge in [-0.2, -0.15) is 11.8 Å². The minimum absolute atomic E-state index is 0.0660. The van der Waals surface area contributed by atoms with E-state index in [4.69, 9.17) is 0 Å². The summed E-state index contributed by atoms with van der Waals surface area (Å²) >= 11 is 1.95. The van der Waals surface area contributed by atoms with Gasteiger partial charge in [0.15, 0.2) is 0 Å². The lowest BCUT2D eigenvalue weighted by Crippen LogP contribution is -2.35. The van der Waals surface area contributed by atoms with E-state index in [1.807, 2.05) is 11.8 Å². The van der Waals surface area contributed by atoms with Crippen molar-refractivity contribution in [1.82, 2.24) is 5.32 Å². The molecule has 1 amide bonds. The van der Waals surface area contributed by atoms with Crippen LogP contribution in [-0.2, 0) is 4.79 Å². The first-order valence-electron chi connectivity index (χ1n) is 4.20. The van der Waals surface area contributed by atoms with Gasteiger partial charge in [0.2, 0.25) is 5.91 Å². The average Bonchev–Trinajstić information content (AvgIpc) is 2.49. The third-order valence-electron chi connectivity index (χ3n) is 2.12. The molecule has 12 heavy (non-hydrogen) atoms. The summed E-state index contributed by atoms with van der Waals surface area (Å²) in [6.07, 6.45) is 3.79. The van der Waals surface area contributed by atoms with Crippen LogP contribution < -0.4 is 5.32 Å². The minimum Gasteiger partial charge on any atom is -0.351 e. The third-order valence-corrected chi connectivity index (χ3v) is 3.66. The van der Waals surface area contributed by atoms with Crippen LogP contribution >= 0.6 is 11.8 Å². The van der Waals surface area contributed by atoms with Crippen LogP contribution in [0.4, 0.5) is 0 Å². The molecule has 1 heterocycles. The van der Waals surface area contributed by atoms with Crippen LogP contribution in [0, 0.1) is 0 Å². The second kappa shape index (κ2) is 3.99. The Morgan fingerprint density at radius 3 is 3.08 bits per heavy atom. The van der Waals surface area contributed by atoms with Gasteiger partial charge in [0.05, 0.1) is 0 Å². The number of nitrogens with one attached hydrogen (secondary N) is 1. The highest BCUT2D eigenvalue weighted by atomic mass is 32.2. The second-order valence-electron chi connectivity index (χ2n) is 3.32. The Morgan fingerprint density at radius 1 is 1.83 bits per heavy atom. The van der Waals surface area contributed by atoms with Crippen LogP contribution in [0.1, 0.15) is 19.8 Å². The summed E-state index contributed by atoms with van der Waals surface area (Å²) in [4.78, 5) is 10.9. The summed E-state index contributed by atoms with van der Waals surface area (Å²) in [6, 6.07) is 0. The van der Waals surface area contributed by atoms with Crippen molar-refractivity contribution in [2.45, 2.75) is 24.5 Å². The van der Waals surface area contributed by atoms with E-state index in [0.717, 1.165) is 6.54 Å². The molecule has 0 aromatic heterocycles. The molecule has 1 aliphatic heterocycles. The van der Waals surface area contributed by atoms with Gasteiger partial charge in [0.25, 0.3) is 0 Å². The van der Waals surface area contributed by atoms with Gasteiger partial charge in [-0.15, -0.1) is 0 Å². The molecule has 0 spiro atoms. The van der Waals surface area contributed by atoms with Gasteiger partial charge < -0.3 is 5.32 Å². The Balaban J connectivity index is 2.30. The highest BCUT2D eigenvalue weighted by Gasteiger charge is 2.29. The van der Waals surface area contributed by atoms with Crippen molar-refractivity contribution >= 4 is 17.7 Å². The van der Waals surface area contributed by atoms with Gasteiger partial charge >= 0.3 is 0 Å². The molecule has 0 aromatic rings. The molecule has 0 aliphatic carbocycles. The van der Waals surface area contributed by atoms with Gasteiger partial charge in [-0.25, -0.2) is 0 Å². The second-order valence-corrected chi connectivity index (χ2v) is 5.01. The van der Waals surface area contributed by atoms with E-state index < -0.39 is 0 Å². The molecule has 1 N–H and O–H groups in total. The Bertz CT molecular complexity index is 185. The van der Waals surface area contributed by atoms with E-state index in [0.29, 0.717) is 0 Å². The molecule has 1 atom stereocenters. The topological polar surface area (TPSA) is 29.1 Å². The summed E-state index contributed by atoms with van der Waals surface area (Å²) in [5.74, 6) is 1.16. The zero-order valence-electron chi connectivity index (χ0n) is 7.43. The zero-order chi connectivity index (χ0) is 9.03. The van der Waals surface area contributed by atoms with Crippen molar-refractivity contribution in [3.63, 3.8) is 0 Å². The van der Waals surface area contributed by atoms with Crippen molar-refractivity contribution in [3.05, 3.63) is 12.7 Å². The van der Waals surface area contributed by atoms with Crippen molar-refractivity contribution in [2.75, 3.05) is 12.3 Å². The zero-order valence-corrected chi connectivity index (χ0v) is 8.25. The van der Waals surface area contributed by atoms with Gasteiger partial charge in [0, 0.05) is 11.3 Å². The lowest BCUT2D eigenvalue weighted by Gasteiger charge is -2.22. The highest BCUT2D eigenvalue weighted by Crippen LogP contribution is 2.36. The fourth-order valence-corrected chi connectivity index (χ4v) is 2.57. The lowest BCUT2D eigenvalue weighted by molar-refractivity contribution is -0.116. The SMILES string of the molecule is C=CC(=O)NCC1(C)CCCS1. The molecule has 1 saturated heterocycles. The minimum atomic E-state index is -0.0660. The number of thioether (sulfide) groups is 1. The van der Waals surface area contributed by atoms with Crippen LogP contribution in [0.3, 0.4) is 0 Å². The molecule has 0 radical (unpaired) electrons. The van der Waals surface area contributed by atoms with E-state index in [-0.39, 0.29) is 10.7 Å². The normalized spacial score (nSPS) is 28.4. The quantitative estimate of drug-likeness (QED) is 0.676. The van der Waals surface area contributed by atoms with Crippen molar-refractivity contribution in [1.29, 1.82) is 0 Å². The van der Waals surface area contributed by atoms with Crippen LogP contribution in [0.5, 0.6) is 0 Å². The fourth-order valence-electron chi connectivity index (χ4n) is 1.32. The maximum atomic E-state index is 10.9. The summed E-state index contributed by atoms with van der Waals surface area (Å²) in [5, 5.41) is 2.84. The maximum absolute atomic E-state index is 10.9. The molecular weight excluding hydrogens is 170 g/mol. The summed E-state index contributed by atoms with van der Waals surface area (Å²) in [5.41, 5.74) is 0. The number of hydrogen-bond acceptors (Lipinski definition) is 2. The van der Waals surface area contributed by atoms with E-state index in [9.17, 15) is 4.79 Å². The van der Waals surface area contributed by atoms with Gasteiger partial charge in [-0.1, -0.05) is 6.58 Å². The van der Waals surface area contributed by atoms with Gasteiger partial charge in [0.1, 0.15) is 0 Å². The summed E-state index contributed by atoms with van der Waals surface area (Å²) < 4.78 is 0.263. The van der Waals surface area contributed by atoms with E-state index >= 15 is 0 Å². The first-order chi connectivity index (χ1) is 5.66. The smallest absolute Gasteiger partial charge is 0.243 e. The molecule has 2 nitrogen and oxygen atoms in total. The number of carbonyl (C=O) groups is 1. The molecular formula is C9H15NOS. The standard InChI is InChI=1S/C9H15NOS/c1-3-8(11)10-7-9(2)5-4-6-12-9/h3H,1,4-7H2,2H3,(H,10,11). The molecule has 0 saturated carbocycles. The summed E-state index contributed by atoms with van der Waals surface area (Å²) in [7, 11) is 0. The Labute approximate surface area is 77.8 Å².